The highest BCUT2D eigenvalue weighted by atomic mass is 28.3. The van der Waals surface area contributed by atoms with Crippen molar-refractivity contribution in [3.05, 3.63) is 39.4 Å². The SMILES string of the molecule is CCCCc1ccc(C(O[SiH](C)C)C(CC2CCCCC2)C(C)(C)C)cc1[N+](=O)[O-]. The number of unbranched alkanes of at least 4 members (excludes halogenated alkanes) is 1. The smallest absolute Gasteiger partial charge is 0.272 e. The Bertz CT molecular complexity index is 677. The number of nitro groups is 1. The Morgan fingerprint density at radius 3 is 2.40 bits per heavy atom. The van der Waals surface area contributed by atoms with Crippen LogP contribution in [-0.2, 0) is 10.8 Å². The molecule has 170 valence electrons. The second kappa shape index (κ2) is 11.4. The molecule has 1 saturated carbocycles. The summed E-state index contributed by atoms with van der Waals surface area (Å²) in [6.07, 6.45) is 10.5. The van der Waals surface area contributed by atoms with Gasteiger partial charge in [-0.05, 0) is 55.2 Å². The molecule has 0 N–H and O–H groups in total. The van der Waals surface area contributed by atoms with E-state index in [0.29, 0.717) is 5.92 Å². The van der Waals surface area contributed by atoms with Gasteiger partial charge in [-0.25, -0.2) is 0 Å². The third-order valence-corrected chi connectivity index (χ3v) is 7.48. The molecular formula is C25H43NO3Si. The molecule has 0 heterocycles. The van der Waals surface area contributed by atoms with Gasteiger partial charge in [-0.3, -0.25) is 10.1 Å². The van der Waals surface area contributed by atoms with Gasteiger partial charge in [-0.2, -0.15) is 0 Å². The van der Waals surface area contributed by atoms with Gasteiger partial charge in [0.15, 0.2) is 9.04 Å². The second-order valence-corrected chi connectivity index (χ2v) is 12.9. The van der Waals surface area contributed by atoms with Crippen molar-refractivity contribution >= 4 is 14.7 Å². The van der Waals surface area contributed by atoms with Crippen LogP contribution in [0.4, 0.5) is 5.69 Å². The number of hydrogen-bond donors (Lipinski definition) is 0. The summed E-state index contributed by atoms with van der Waals surface area (Å²) in [7, 11) is -1.32. The molecule has 30 heavy (non-hydrogen) atoms. The largest absolute Gasteiger partial charge is 0.413 e. The number of hydrogen-bond acceptors (Lipinski definition) is 3. The topological polar surface area (TPSA) is 52.4 Å². The summed E-state index contributed by atoms with van der Waals surface area (Å²) in [6, 6.07) is 5.92. The molecule has 2 rings (SSSR count). The highest BCUT2D eigenvalue weighted by Crippen LogP contribution is 2.46. The van der Waals surface area contributed by atoms with Crippen LogP contribution in [0.25, 0.3) is 0 Å². The lowest BCUT2D eigenvalue weighted by Crippen LogP contribution is -2.33. The van der Waals surface area contributed by atoms with Gasteiger partial charge < -0.3 is 4.43 Å². The Labute approximate surface area is 185 Å². The maximum absolute atomic E-state index is 11.8. The van der Waals surface area contributed by atoms with Gasteiger partial charge in [-0.1, -0.05) is 78.4 Å². The van der Waals surface area contributed by atoms with Crippen molar-refractivity contribution in [2.45, 2.75) is 105 Å². The molecule has 0 amide bonds. The number of aryl methyl sites for hydroxylation is 1. The van der Waals surface area contributed by atoms with Gasteiger partial charge >= 0.3 is 0 Å². The molecule has 1 aliphatic carbocycles. The molecule has 1 aliphatic rings. The maximum Gasteiger partial charge on any atom is 0.272 e. The van der Waals surface area contributed by atoms with Crippen LogP contribution in [0.3, 0.4) is 0 Å². The van der Waals surface area contributed by atoms with Crippen LogP contribution in [0.5, 0.6) is 0 Å². The van der Waals surface area contributed by atoms with E-state index < -0.39 is 9.04 Å². The summed E-state index contributed by atoms with van der Waals surface area (Å²) < 4.78 is 6.64. The molecule has 0 spiro atoms. The fourth-order valence-electron chi connectivity index (χ4n) is 4.92. The van der Waals surface area contributed by atoms with E-state index in [1.165, 1.54) is 32.1 Å². The number of nitrogens with zero attached hydrogens (tertiary/aromatic N) is 1. The third kappa shape index (κ3) is 7.19. The first kappa shape index (κ1) is 25.1. The summed E-state index contributed by atoms with van der Waals surface area (Å²) in [5.41, 5.74) is 2.20. The highest BCUT2D eigenvalue weighted by molar-refractivity contribution is 6.48. The molecule has 1 aromatic carbocycles. The predicted molar refractivity (Wildman–Crippen MR) is 129 cm³/mol. The van der Waals surface area contributed by atoms with Crippen LogP contribution in [0.15, 0.2) is 18.2 Å². The lowest BCUT2D eigenvalue weighted by atomic mass is 9.69. The lowest BCUT2D eigenvalue weighted by Gasteiger charge is -2.41. The predicted octanol–water partition coefficient (Wildman–Crippen LogP) is 7.61. The second-order valence-electron chi connectivity index (χ2n) is 10.6. The van der Waals surface area contributed by atoms with Crippen LogP contribution >= 0.6 is 0 Å². The third-order valence-electron chi connectivity index (χ3n) is 6.64. The van der Waals surface area contributed by atoms with Gasteiger partial charge in [0.25, 0.3) is 5.69 Å². The van der Waals surface area contributed by atoms with Crippen molar-refractivity contribution in [1.82, 2.24) is 0 Å². The summed E-state index contributed by atoms with van der Waals surface area (Å²) in [5, 5.41) is 11.8. The van der Waals surface area contributed by atoms with Gasteiger partial charge in [-0.15, -0.1) is 0 Å². The summed E-state index contributed by atoms with van der Waals surface area (Å²) >= 11 is 0. The molecule has 1 aromatic rings. The van der Waals surface area contributed by atoms with Crippen molar-refractivity contribution in [1.29, 1.82) is 0 Å². The van der Waals surface area contributed by atoms with Crippen molar-refractivity contribution in [3.8, 4) is 0 Å². The van der Waals surface area contributed by atoms with Crippen molar-refractivity contribution in [2.24, 2.45) is 17.3 Å². The van der Waals surface area contributed by atoms with E-state index in [-0.39, 0.29) is 22.1 Å². The van der Waals surface area contributed by atoms with Gasteiger partial charge in [0.05, 0.1) is 11.0 Å². The first-order chi connectivity index (χ1) is 14.1. The van der Waals surface area contributed by atoms with E-state index in [0.717, 1.165) is 42.7 Å². The number of nitro benzene ring substituents is 1. The van der Waals surface area contributed by atoms with E-state index in [1.54, 1.807) is 0 Å². The zero-order valence-corrected chi connectivity index (χ0v) is 21.2. The molecular weight excluding hydrogens is 390 g/mol. The summed E-state index contributed by atoms with van der Waals surface area (Å²) in [6.45, 7) is 13.5. The Balaban J connectivity index is 2.42. The normalized spacial score (nSPS) is 17.8. The van der Waals surface area contributed by atoms with Crippen LogP contribution < -0.4 is 0 Å². The van der Waals surface area contributed by atoms with E-state index in [9.17, 15) is 10.1 Å². The quantitative estimate of drug-likeness (QED) is 0.217. The van der Waals surface area contributed by atoms with Crippen LogP contribution in [0.1, 0.15) is 96.3 Å². The zero-order chi connectivity index (χ0) is 22.3. The van der Waals surface area contributed by atoms with Gasteiger partial charge in [0.1, 0.15) is 0 Å². The molecule has 5 heteroatoms. The van der Waals surface area contributed by atoms with Crippen molar-refractivity contribution in [2.75, 3.05) is 0 Å². The zero-order valence-electron chi connectivity index (χ0n) is 20.1. The minimum Gasteiger partial charge on any atom is -0.413 e. The average Bonchev–Trinajstić information content (AvgIpc) is 2.68. The maximum atomic E-state index is 11.8. The molecule has 0 radical (unpaired) electrons. The van der Waals surface area contributed by atoms with E-state index in [1.807, 2.05) is 12.1 Å². The van der Waals surface area contributed by atoms with Crippen molar-refractivity contribution in [3.63, 3.8) is 0 Å². The molecule has 0 saturated heterocycles. The van der Waals surface area contributed by atoms with Crippen molar-refractivity contribution < 1.29 is 9.35 Å². The monoisotopic (exact) mass is 433 g/mol. The van der Waals surface area contributed by atoms with Crippen LogP contribution in [0.2, 0.25) is 13.1 Å². The standard InChI is InChI=1S/C25H43NO3Si/c1-7-8-14-20-15-16-21(18-23(20)26(27)28)24(29-30(5)6)22(25(2,3)4)17-19-12-10-9-11-13-19/h15-16,18-19,22,24,30H,7-14,17H2,1-6H3. The Hall–Kier alpha value is -1.20. The summed E-state index contributed by atoms with van der Waals surface area (Å²) in [5.74, 6) is 1.11. The molecule has 4 nitrogen and oxygen atoms in total. The molecule has 0 aliphatic heterocycles. The molecule has 2 atom stereocenters. The van der Waals surface area contributed by atoms with E-state index in [4.69, 9.17) is 4.43 Å². The highest BCUT2D eigenvalue weighted by Gasteiger charge is 2.37. The Kier molecular flexibility index (Phi) is 9.54. The lowest BCUT2D eigenvalue weighted by molar-refractivity contribution is -0.385. The van der Waals surface area contributed by atoms with Gasteiger partial charge in [0, 0.05) is 11.6 Å². The Morgan fingerprint density at radius 2 is 1.87 bits per heavy atom. The first-order valence-electron chi connectivity index (χ1n) is 12.1. The van der Waals surface area contributed by atoms with Gasteiger partial charge in [0.2, 0.25) is 0 Å². The van der Waals surface area contributed by atoms with Crippen LogP contribution in [0, 0.1) is 27.4 Å². The fraction of sp³-hybridized carbons (Fsp3) is 0.760. The minimum absolute atomic E-state index is 0.0579. The van der Waals surface area contributed by atoms with Crippen LogP contribution in [-0.4, -0.2) is 14.0 Å². The molecule has 2 unspecified atom stereocenters. The Morgan fingerprint density at radius 1 is 1.20 bits per heavy atom. The molecule has 0 bridgehead atoms. The first-order valence-corrected chi connectivity index (χ1v) is 14.8. The minimum atomic E-state index is -1.32. The number of rotatable bonds is 10. The fourth-order valence-corrected chi connectivity index (χ4v) is 5.85. The van der Waals surface area contributed by atoms with E-state index in [2.05, 4.69) is 46.9 Å². The average molecular weight is 434 g/mol. The van der Waals surface area contributed by atoms with E-state index >= 15 is 0 Å². The summed E-state index contributed by atoms with van der Waals surface area (Å²) in [4.78, 5) is 11.6. The molecule has 1 fully saturated rings. The molecule has 0 aromatic heterocycles. The number of benzene rings is 1.